The van der Waals surface area contributed by atoms with Gasteiger partial charge in [-0.05, 0) is 30.5 Å². The number of unbranched alkanes of at least 4 members (excludes halogenated alkanes) is 3. The first-order valence-electron chi connectivity index (χ1n) is 7.94. The number of hydrogen-bond acceptors (Lipinski definition) is 3. The van der Waals surface area contributed by atoms with Gasteiger partial charge in [0.05, 0.1) is 12.3 Å². The molecule has 3 heteroatoms. The molecule has 1 rings (SSSR count). The fraction of sp³-hybridized carbons (Fsp3) is 0.706. The topological polar surface area (TPSA) is 34.1 Å². The zero-order chi connectivity index (χ0) is 14.6. The number of nitrogens with zero attached hydrogens (tertiary/aromatic N) is 1. The molecule has 0 saturated carbocycles. The molecule has 0 amide bonds. The molecule has 0 aliphatic rings. The molecule has 0 aliphatic heterocycles. The number of ether oxygens (including phenoxy) is 1. The predicted molar refractivity (Wildman–Crippen MR) is 84.6 cm³/mol. The highest BCUT2D eigenvalue weighted by Gasteiger charge is 1.98. The minimum Gasteiger partial charge on any atom is -0.375 e. The number of hydrogen-bond donors (Lipinski definition) is 1. The van der Waals surface area contributed by atoms with Crippen molar-refractivity contribution in [2.75, 3.05) is 13.2 Å². The standard InChI is InChI=1S/C17H30N2O/c1-4-5-6-7-10-20-14-17-9-8-16(13-19-17)12-18-11-15(2)3/h8-9,13,15,18H,4-7,10-12,14H2,1-3H3. The molecule has 3 nitrogen and oxygen atoms in total. The van der Waals surface area contributed by atoms with E-state index in [9.17, 15) is 0 Å². The second-order valence-electron chi connectivity index (χ2n) is 5.80. The second-order valence-corrected chi connectivity index (χ2v) is 5.80. The van der Waals surface area contributed by atoms with Crippen LogP contribution in [0.15, 0.2) is 18.3 Å². The van der Waals surface area contributed by atoms with Gasteiger partial charge in [0.2, 0.25) is 0 Å². The molecule has 1 aromatic rings. The molecule has 0 fully saturated rings. The van der Waals surface area contributed by atoms with Crippen molar-refractivity contribution in [1.29, 1.82) is 0 Å². The van der Waals surface area contributed by atoms with Gasteiger partial charge in [0.1, 0.15) is 0 Å². The minimum absolute atomic E-state index is 0.631. The van der Waals surface area contributed by atoms with E-state index in [2.05, 4.69) is 43.2 Å². The minimum atomic E-state index is 0.631. The SMILES string of the molecule is CCCCCCOCc1ccc(CNCC(C)C)cn1. The Labute approximate surface area is 124 Å². The van der Waals surface area contributed by atoms with Gasteiger partial charge in [0.25, 0.3) is 0 Å². The number of aromatic nitrogens is 1. The summed E-state index contributed by atoms with van der Waals surface area (Å²) in [6, 6.07) is 4.20. The lowest BCUT2D eigenvalue weighted by atomic mass is 10.2. The normalized spacial score (nSPS) is 11.2. The van der Waals surface area contributed by atoms with Crippen LogP contribution in [0.25, 0.3) is 0 Å². The Kier molecular flexibility index (Phi) is 9.25. The van der Waals surface area contributed by atoms with Crippen LogP contribution >= 0.6 is 0 Å². The maximum atomic E-state index is 5.64. The van der Waals surface area contributed by atoms with Crippen molar-refractivity contribution >= 4 is 0 Å². The third-order valence-corrected chi connectivity index (χ3v) is 3.16. The number of pyridine rings is 1. The van der Waals surface area contributed by atoms with Crippen LogP contribution < -0.4 is 5.32 Å². The van der Waals surface area contributed by atoms with Crippen LogP contribution in [0.2, 0.25) is 0 Å². The van der Waals surface area contributed by atoms with Crippen molar-refractivity contribution in [3.63, 3.8) is 0 Å². The van der Waals surface area contributed by atoms with E-state index in [1.54, 1.807) is 0 Å². The van der Waals surface area contributed by atoms with Crippen LogP contribution in [0.3, 0.4) is 0 Å². The fourth-order valence-electron chi connectivity index (χ4n) is 1.96. The van der Waals surface area contributed by atoms with Crippen LogP contribution in [0.1, 0.15) is 57.7 Å². The highest BCUT2D eigenvalue weighted by Crippen LogP contribution is 2.04. The number of nitrogens with one attached hydrogen (secondary N) is 1. The van der Waals surface area contributed by atoms with E-state index >= 15 is 0 Å². The van der Waals surface area contributed by atoms with E-state index in [4.69, 9.17) is 4.74 Å². The average molecular weight is 278 g/mol. The largest absolute Gasteiger partial charge is 0.375 e. The van der Waals surface area contributed by atoms with Gasteiger partial charge in [-0.3, -0.25) is 4.98 Å². The molecule has 0 aliphatic carbocycles. The fourth-order valence-corrected chi connectivity index (χ4v) is 1.96. The van der Waals surface area contributed by atoms with Crippen LogP contribution in [0.5, 0.6) is 0 Å². The van der Waals surface area contributed by atoms with Crippen LogP contribution in [0.4, 0.5) is 0 Å². The monoisotopic (exact) mass is 278 g/mol. The summed E-state index contributed by atoms with van der Waals surface area (Å²) >= 11 is 0. The van der Waals surface area contributed by atoms with Crippen molar-refractivity contribution in [3.05, 3.63) is 29.6 Å². The van der Waals surface area contributed by atoms with Gasteiger partial charge in [0, 0.05) is 19.3 Å². The first-order valence-corrected chi connectivity index (χ1v) is 7.94. The van der Waals surface area contributed by atoms with Crippen LogP contribution in [0, 0.1) is 5.92 Å². The first kappa shape index (κ1) is 17.1. The lowest BCUT2D eigenvalue weighted by molar-refractivity contribution is 0.114. The van der Waals surface area contributed by atoms with E-state index in [1.807, 2.05) is 6.20 Å². The van der Waals surface area contributed by atoms with E-state index in [-0.39, 0.29) is 0 Å². The molecule has 20 heavy (non-hydrogen) atoms. The summed E-state index contributed by atoms with van der Waals surface area (Å²) in [5.41, 5.74) is 2.26. The molecule has 0 saturated heterocycles. The van der Waals surface area contributed by atoms with E-state index in [1.165, 1.54) is 24.8 Å². The van der Waals surface area contributed by atoms with Gasteiger partial charge in [-0.25, -0.2) is 0 Å². The van der Waals surface area contributed by atoms with Crippen LogP contribution in [-0.2, 0) is 17.9 Å². The first-order chi connectivity index (χ1) is 9.72. The lowest BCUT2D eigenvalue weighted by Crippen LogP contribution is -2.19. The van der Waals surface area contributed by atoms with Crippen molar-refractivity contribution in [2.45, 2.75) is 59.6 Å². The molecule has 1 aromatic heterocycles. The summed E-state index contributed by atoms with van der Waals surface area (Å²) in [5.74, 6) is 0.684. The summed E-state index contributed by atoms with van der Waals surface area (Å²) < 4.78 is 5.64. The average Bonchev–Trinajstić information content (AvgIpc) is 2.44. The molecule has 1 N–H and O–H groups in total. The maximum Gasteiger partial charge on any atom is 0.0887 e. The highest BCUT2D eigenvalue weighted by molar-refractivity contribution is 5.13. The van der Waals surface area contributed by atoms with Gasteiger partial charge < -0.3 is 10.1 Å². The molecule has 0 radical (unpaired) electrons. The van der Waals surface area contributed by atoms with Gasteiger partial charge in [0.15, 0.2) is 0 Å². The molecule has 0 aromatic carbocycles. The molecular weight excluding hydrogens is 248 g/mol. The van der Waals surface area contributed by atoms with Crippen molar-refractivity contribution in [2.24, 2.45) is 5.92 Å². The van der Waals surface area contributed by atoms with Crippen molar-refractivity contribution < 1.29 is 4.74 Å². The molecule has 0 atom stereocenters. The number of rotatable bonds is 11. The Hall–Kier alpha value is -0.930. The summed E-state index contributed by atoms with van der Waals surface area (Å²) in [5, 5.41) is 3.42. The molecule has 114 valence electrons. The summed E-state index contributed by atoms with van der Waals surface area (Å²) in [6.07, 6.45) is 6.95. The van der Waals surface area contributed by atoms with Gasteiger partial charge in [-0.2, -0.15) is 0 Å². The third-order valence-electron chi connectivity index (χ3n) is 3.16. The van der Waals surface area contributed by atoms with E-state index in [0.717, 1.165) is 31.8 Å². The maximum absolute atomic E-state index is 5.64. The highest BCUT2D eigenvalue weighted by atomic mass is 16.5. The third kappa shape index (κ3) is 8.28. The molecule has 0 unspecified atom stereocenters. The molecule has 0 spiro atoms. The zero-order valence-corrected chi connectivity index (χ0v) is 13.3. The lowest BCUT2D eigenvalue weighted by Gasteiger charge is -2.08. The Morgan fingerprint density at radius 2 is 2.05 bits per heavy atom. The van der Waals surface area contributed by atoms with E-state index < -0.39 is 0 Å². The zero-order valence-electron chi connectivity index (χ0n) is 13.3. The summed E-state index contributed by atoms with van der Waals surface area (Å²) in [4.78, 5) is 4.45. The van der Waals surface area contributed by atoms with Crippen molar-refractivity contribution in [1.82, 2.24) is 10.3 Å². The molecule has 1 heterocycles. The summed E-state index contributed by atoms with van der Waals surface area (Å²) in [7, 11) is 0. The smallest absolute Gasteiger partial charge is 0.0887 e. The quantitative estimate of drug-likeness (QED) is 0.623. The van der Waals surface area contributed by atoms with Crippen molar-refractivity contribution in [3.8, 4) is 0 Å². The Balaban J connectivity index is 2.15. The van der Waals surface area contributed by atoms with Gasteiger partial charge in [-0.1, -0.05) is 46.1 Å². The van der Waals surface area contributed by atoms with Gasteiger partial charge >= 0.3 is 0 Å². The Morgan fingerprint density at radius 3 is 2.70 bits per heavy atom. The Morgan fingerprint density at radius 1 is 1.20 bits per heavy atom. The second kappa shape index (κ2) is 10.8. The van der Waals surface area contributed by atoms with Crippen LogP contribution in [-0.4, -0.2) is 18.1 Å². The summed E-state index contributed by atoms with van der Waals surface area (Å²) in [6.45, 7) is 10.1. The van der Waals surface area contributed by atoms with Gasteiger partial charge in [-0.15, -0.1) is 0 Å². The molecular formula is C17H30N2O. The predicted octanol–water partition coefficient (Wildman–Crippen LogP) is 3.92. The Bertz CT molecular complexity index is 335. The molecule has 0 bridgehead atoms. The van der Waals surface area contributed by atoms with E-state index in [0.29, 0.717) is 12.5 Å².